The number of hydrogen-bond acceptors (Lipinski definition) is 3. The molecule has 1 aromatic heterocycles. The molecule has 0 saturated heterocycles. The number of aromatic nitrogens is 1. The van der Waals surface area contributed by atoms with Crippen LogP contribution in [-0.4, -0.2) is 15.9 Å². The number of carbonyl (C=O) groups excluding carboxylic acids is 1. The van der Waals surface area contributed by atoms with E-state index in [1.165, 1.54) is 0 Å². The van der Waals surface area contributed by atoms with E-state index in [1.54, 1.807) is 12.4 Å². The molecule has 1 aliphatic carbocycles. The number of nitrogens with one attached hydrogen (secondary N) is 1. The molecule has 2 aromatic rings. The van der Waals surface area contributed by atoms with Crippen molar-refractivity contribution in [2.45, 2.75) is 19.3 Å². The van der Waals surface area contributed by atoms with Gasteiger partial charge in [-0.05, 0) is 30.4 Å². The van der Waals surface area contributed by atoms with Gasteiger partial charge in [0.25, 0.3) is 0 Å². The lowest BCUT2D eigenvalue weighted by Crippen LogP contribution is -2.50. The van der Waals surface area contributed by atoms with Crippen molar-refractivity contribution in [1.82, 2.24) is 4.98 Å². The van der Waals surface area contributed by atoms with Gasteiger partial charge >= 0.3 is 0 Å². The number of fused-ring (bicyclic) bond motifs is 1. The monoisotopic (exact) mass is 285 g/mol. The van der Waals surface area contributed by atoms with Gasteiger partial charge in [-0.1, -0.05) is 30.8 Å². The summed E-state index contributed by atoms with van der Waals surface area (Å²) in [5, 5.41) is 4.92. The van der Waals surface area contributed by atoms with Crippen molar-refractivity contribution >= 4 is 39.6 Å². The molecule has 5 heteroatoms. The fourth-order valence-electron chi connectivity index (χ4n) is 2.58. The second-order valence-corrected chi connectivity index (χ2v) is 5.60. The summed E-state index contributed by atoms with van der Waals surface area (Å²) >= 11 is 5.07. The first kappa shape index (κ1) is 13.0. The number of nitrogens with zero attached hydrogens (tertiary/aromatic N) is 1. The first-order chi connectivity index (χ1) is 9.63. The lowest BCUT2D eigenvalue weighted by molar-refractivity contribution is -0.125. The van der Waals surface area contributed by atoms with E-state index >= 15 is 0 Å². The van der Waals surface area contributed by atoms with Crippen molar-refractivity contribution in [3.63, 3.8) is 0 Å². The standard InChI is InChI=1S/C15H15N3OS/c16-13(20)15(6-2-7-15)14(19)18-12-4-1-3-10-5-8-17-9-11(10)12/h1,3-5,8-9H,2,6-7H2,(H2,16,20)(H,18,19). The van der Waals surface area contributed by atoms with E-state index in [0.29, 0.717) is 4.99 Å². The number of amides is 1. The fraction of sp³-hybridized carbons (Fsp3) is 0.267. The van der Waals surface area contributed by atoms with Crippen LogP contribution in [0.5, 0.6) is 0 Å². The Morgan fingerprint density at radius 1 is 1.35 bits per heavy atom. The Bertz CT molecular complexity index is 689. The minimum Gasteiger partial charge on any atom is -0.392 e. The largest absolute Gasteiger partial charge is 0.392 e. The predicted octanol–water partition coefficient (Wildman–Crippen LogP) is 2.63. The Morgan fingerprint density at radius 2 is 2.15 bits per heavy atom. The molecule has 4 nitrogen and oxygen atoms in total. The van der Waals surface area contributed by atoms with Crippen LogP contribution in [0.4, 0.5) is 5.69 Å². The van der Waals surface area contributed by atoms with Gasteiger partial charge in [-0.2, -0.15) is 0 Å². The molecule has 0 atom stereocenters. The maximum Gasteiger partial charge on any atom is 0.237 e. The average molecular weight is 285 g/mol. The van der Waals surface area contributed by atoms with E-state index in [0.717, 1.165) is 35.7 Å². The zero-order valence-electron chi connectivity index (χ0n) is 10.9. The highest BCUT2D eigenvalue weighted by Crippen LogP contribution is 2.42. The number of rotatable bonds is 3. The molecular weight excluding hydrogens is 270 g/mol. The molecular formula is C15H15N3OS. The van der Waals surface area contributed by atoms with Gasteiger partial charge in [0, 0.05) is 17.8 Å². The molecule has 0 unspecified atom stereocenters. The number of anilines is 1. The summed E-state index contributed by atoms with van der Waals surface area (Å²) in [6.07, 6.45) is 5.94. The molecule has 0 bridgehead atoms. The normalized spacial score (nSPS) is 16.4. The Balaban J connectivity index is 1.94. The van der Waals surface area contributed by atoms with E-state index in [-0.39, 0.29) is 5.91 Å². The Morgan fingerprint density at radius 3 is 2.80 bits per heavy atom. The second-order valence-electron chi connectivity index (χ2n) is 5.16. The van der Waals surface area contributed by atoms with E-state index in [1.807, 2.05) is 24.3 Å². The van der Waals surface area contributed by atoms with Gasteiger partial charge in [0.2, 0.25) is 5.91 Å². The molecule has 1 fully saturated rings. The lowest BCUT2D eigenvalue weighted by Gasteiger charge is -2.39. The zero-order valence-corrected chi connectivity index (χ0v) is 11.7. The smallest absolute Gasteiger partial charge is 0.237 e. The Hall–Kier alpha value is -2.01. The fourth-order valence-corrected chi connectivity index (χ4v) is 2.88. The SMILES string of the molecule is NC(=S)C1(C(=O)Nc2cccc3ccncc23)CCC1. The minimum atomic E-state index is -0.667. The maximum atomic E-state index is 12.5. The summed E-state index contributed by atoms with van der Waals surface area (Å²) in [5.74, 6) is -0.104. The minimum absolute atomic E-state index is 0.104. The van der Waals surface area contributed by atoms with Crippen LogP contribution >= 0.6 is 12.2 Å². The summed E-state index contributed by atoms with van der Waals surface area (Å²) < 4.78 is 0. The number of thiocarbonyl (C=S) groups is 1. The third-order valence-corrected chi connectivity index (χ3v) is 4.44. The van der Waals surface area contributed by atoms with Gasteiger partial charge in [-0.25, -0.2) is 0 Å². The highest BCUT2D eigenvalue weighted by Gasteiger charge is 2.47. The summed E-state index contributed by atoms with van der Waals surface area (Å²) in [4.78, 5) is 16.9. The van der Waals surface area contributed by atoms with Gasteiger partial charge in [0.15, 0.2) is 0 Å². The molecule has 1 heterocycles. The van der Waals surface area contributed by atoms with Crippen molar-refractivity contribution in [2.24, 2.45) is 11.1 Å². The number of carbonyl (C=O) groups is 1. The second kappa shape index (κ2) is 4.83. The molecule has 0 spiro atoms. The third kappa shape index (κ3) is 1.94. The van der Waals surface area contributed by atoms with E-state index in [9.17, 15) is 4.79 Å². The first-order valence-electron chi connectivity index (χ1n) is 6.58. The Kier molecular flexibility index (Phi) is 3.14. The van der Waals surface area contributed by atoms with Crippen LogP contribution in [0.1, 0.15) is 19.3 Å². The molecule has 3 N–H and O–H groups in total. The van der Waals surface area contributed by atoms with Crippen molar-refractivity contribution in [1.29, 1.82) is 0 Å². The van der Waals surface area contributed by atoms with Gasteiger partial charge in [0.1, 0.15) is 0 Å². The molecule has 0 aliphatic heterocycles. The van der Waals surface area contributed by atoms with Crippen molar-refractivity contribution < 1.29 is 4.79 Å². The van der Waals surface area contributed by atoms with E-state index < -0.39 is 5.41 Å². The number of hydrogen-bond donors (Lipinski definition) is 2. The number of benzene rings is 1. The number of pyridine rings is 1. The third-order valence-electron chi connectivity index (χ3n) is 4.05. The maximum absolute atomic E-state index is 12.5. The summed E-state index contributed by atoms with van der Waals surface area (Å²) in [5.41, 5.74) is 5.84. The van der Waals surface area contributed by atoms with Crippen LogP contribution in [0.2, 0.25) is 0 Å². The summed E-state index contributed by atoms with van der Waals surface area (Å²) in [7, 11) is 0. The molecule has 1 aliphatic rings. The highest BCUT2D eigenvalue weighted by molar-refractivity contribution is 7.80. The molecule has 3 rings (SSSR count). The van der Waals surface area contributed by atoms with E-state index in [4.69, 9.17) is 18.0 Å². The average Bonchev–Trinajstić information content (AvgIpc) is 2.37. The van der Waals surface area contributed by atoms with Crippen molar-refractivity contribution in [3.05, 3.63) is 36.7 Å². The van der Waals surface area contributed by atoms with Crippen LogP contribution in [0, 0.1) is 5.41 Å². The molecule has 1 aromatic carbocycles. The number of nitrogens with two attached hydrogens (primary N) is 1. The van der Waals surface area contributed by atoms with Crippen LogP contribution in [-0.2, 0) is 4.79 Å². The van der Waals surface area contributed by atoms with Crippen LogP contribution in [0.3, 0.4) is 0 Å². The zero-order chi connectivity index (χ0) is 14.2. The highest BCUT2D eigenvalue weighted by atomic mass is 32.1. The Labute approximate surface area is 122 Å². The van der Waals surface area contributed by atoms with Crippen LogP contribution in [0.25, 0.3) is 10.8 Å². The molecule has 0 radical (unpaired) electrons. The van der Waals surface area contributed by atoms with Crippen LogP contribution in [0.15, 0.2) is 36.7 Å². The lowest BCUT2D eigenvalue weighted by atomic mass is 9.68. The van der Waals surface area contributed by atoms with Crippen molar-refractivity contribution in [2.75, 3.05) is 5.32 Å². The van der Waals surface area contributed by atoms with Crippen LogP contribution < -0.4 is 11.1 Å². The predicted molar refractivity (Wildman–Crippen MR) is 83.4 cm³/mol. The van der Waals surface area contributed by atoms with Gasteiger partial charge in [-0.15, -0.1) is 0 Å². The topological polar surface area (TPSA) is 68.0 Å². The molecule has 1 amide bonds. The van der Waals surface area contributed by atoms with Gasteiger partial charge in [-0.3, -0.25) is 9.78 Å². The van der Waals surface area contributed by atoms with Crippen molar-refractivity contribution in [3.8, 4) is 0 Å². The summed E-state index contributed by atoms with van der Waals surface area (Å²) in [6, 6.07) is 7.68. The van der Waals surface area contributed by atoms with E-state index in [2.05, 4.69) is 10.3 Å². The quantitative estimate of drug-likeness (QED) is 0.851. The summed E-state index contributed by atoms with van der Waals surface area (Å²) in [6.45, 7) is 0. The molecule has 20 heavy (non-hydrogen) atoms. The van der Waals surface area contributed by atoms with Gasteiger partial charge in [0.05, 0.1) is 16.1 Å². The first-order valence-corrected chi connectivity index (χ1v) is 6.98. The molecule has 102 valence electrons. The molecule has 1 saturated carbocycles. The van der Waals surface area contributed by atoms with Gasteiger partial charge < -0.3 is 11.1 Å².